The molecule has 194 valence electrons. The van der Waals surface area contributed by atoms with Gasteiger partial charge in [-0.3, -0.25) is 9.69 Å². The normalized spacial score (nSPS) is 18.3. The molecule has 1 N–H and O–H groups in total. The molecule has 10 heteroatoms. The van der Waals surface area contributed by atoms with Crippen molar-refractivity contribution in [1.29, 1.82) is 0 Å². The zero-order valence-electron chi connectivity index (χ0n) is 20.1. The smallest absolute Gasteiger partial charge is 0.321 e. The summed E-state index contributed by atoms with van der Waals surface area (Å²) >= 11 is 14.0. The number of carbonyl (C=O) groups excluding carboxylic acids is 2. The van der Waals surface area contributed by atoms with Crippen LogP contribution in [0.3, 0.4) is 0 Å². The van der Waals surface area contributed by atoms with Gasteiger partial charge in [0.1, 0.15) is 5.82 Å². The van der Waals surface area contributed by atoms with Gasteiger partial charge in [-0.05, 0) is 59.7 Å². The zero-order valence-corrected chi connectivity index (χ0v) is 22.5. The van der Waals surface area contributed by atoms with E-state index < -0.39 is 0 Å². The molecule has 0 aliphatic carbocycles. The van der Waals surface area contributed by atoms with Crippen molar-refractivity contribution >= 4 is 52.2 Å². The van der Waals surface area contributed by atoms with Gasteiger partial charge >= 0.3 is 6.03 Å². The maximum absolute atomic E-state index is 14.1. The quantitative estimate of drug-likeness (QED) is 0.431. The Labute approximate surface area is 229 Å². The summed E-state index contributed by atoms with van der Waals surface area (Å²) in [5.41, 5.74) is 2.45. The molecule has 3 heterocycles. The number of halogens is 3. The topological polar surface area (TPSA) is 55.9 Å². The van der Waals surface area contributed by atoms with Crippen LogP contribution in [0.15, 0.2) is 53.9 Å². The maximum atomic E-state index is 14.1. The highest BCUT2D eigenvalue weighted by Gasteiger charge is 2.32. The number of anilines is 1. The van der Waals surface area contributed by atoms with E-state index in [0.29, 0.717) is 48.3 Å². The number of urea groups is 1. The number of nitrogens with zero attached hydrogens (tertiary/aromatic N) is 3. The molecule has 0 unspecified atom stereocenters. The van der Waals surface area contributed by atoms with Crippen LogP contribution in [0.1, 0.15) is 28.5 Å². The lowest BCUT2D eigenvalue weighted by atomic mass is 9.93. The summed E-state index contributed by atoms with van der Waals surface area (Å²) in [7, 11) is 0. The summed E-state index contributed by atoms with van der Waals surface area (Å²) in [6, 6.07) is 13.4. The van der Waals surface area contributed by atoms with Gasteiger partial charge in [0.25, 0.3) is 0 Å². The Bertz CT molecular complexity index is 1300. The molecule has 1 fully saturated rings. The van der Waals surface area contributed by atoms with Gasteiger partial charge in [-0.1, -0.05) is 41.4 Å². The molecule has 1 aromatic heterocycles. The molecule has 3 amide bonds. The standard InChI is InChI=1S/C27H27Cl2FN4O2S/c28-21-6-2-7-22(25(21)29)31-27(36)33-11-3-10-32(13-14-33)24(35)17-34-12-8-23-20(9-15-37-23)26(34)18-4-1-5-19(30)16-18/h1-2,4-7,9,15-16,26H,3,8,10-14,17H2,(H,31,36)/t26-/m1/s1. The third kappa shape index (κ3) is 5.77. The molecule has 5 rings (SSSR count). The molecular formula is C27H27Cl2FN4O2S. The first-order valence-electron chi connectivity index (χ1n) is 12.2. The minimum absolute atomic E-state index is 0.0141. The number of amides is 3. The Hall–Kier alpha value is -2.65. The lowest BCUT2D eigenvalue weighted by molar-refractivity contribution is -0.132. The Balaban J connectivity index is 1.24. The van der Waals surface area contributed by atoms with E-state index in [9.17, 15) is 14.0 Å². The minimum atomic E-state index is -0.281. The summed E-state index contributed by atoms with van der Waals surface area (Å²) in [4.78, 5) is 33.2. The van der Waals surface area contributed by atoms with Crippen LogP contribution < -0.4 is 5.32 Å². The van der Waals surface area contributed by atoms with Gasteiger partial charge in [-0.15, -0.1) is 11.3 Å². The van der Waals surface area contributed by atoms with E-state index in [1.165, 1.54) is 10.9 Å². The molecule has 6 nitrogen and oxygen atoms in total. The molecular weight excluding hydrogens is 534 g/mol. The molecule has 2 aliphatic heterocycles. The average Bonchev–Trinajstić information content (AvgIpc) is 3.21. The Morgan fingerprint density at radius 2 is 1.78 bits per heavy atom. The predicted octanol–water partition coefficient (Wildman–Crippen LogP) is 5.91. The van der Waals surface area contributed by atoms with E-state index in [0.717, 1.165) is 24.1 Å². The first-order chi connectivity index (χ1) is 17.9. The molecule has 1 saturated heterocycles. The number of benzene rings is 2. The number of hydrogen-bond donors (Lipinski definition) is 1. The van der Waals surface area contributed by atoms with E-state index in [2.05, 4.69) is 21.7 Å². The Kier molecular flexibility index (Phi) is 8.00. The van der Waals surface area contributed by atoms with E-state index in [-0.39, 0.29) is 30.3 Å². The van der Waals surface area contributed by atoms with Gasteiger partial charge in [0.05, 0.1) is 28.3 Å². The lowest BCUT2D eigenvalue weighted by Crippen LogP contribution is -2.45. The fraction of sp³-hybridized carbons (Fsp3) is 0.333. The number of rotatable bonds is 4. The van der Waals surface area contributed by atoms with Crippen LogP contribution in [0.4, 0.5) is 14.9 Å². The van der Waals surface area contributed by atoms with Gasteiger partial charge in [0, 0.05) is 37.6 Å². The second kappa shape index (κ2) is 11.4. The molecule has 0 bridgehead atoms. The molecule has 0 radical (unpaired) electrons. The van der Waals surface area contributed by atoms with E-state index >= 15 is 0 Å². The van der Waals surface area contributed by atoms with E-state index in [4.69, 9.17) is 23.2 Å². The Morgan fingerprint density at radius 1 is 1.00 bits per heavy atom. The summed E-state index contributed by atoms with van der Waals surface area (Å²) in [5, 5.41) is 5.56. The second-order valence-electron chi connectivity index (χ2n) is 9.23. The van der Waals surface area contributed by atoms with E-state index in [1.54, 1.807) is 46.6 Å². The fourth-order valence-corrected chi connectivity index (χ4v) is 6.30. The first-order valence-corrected chi connectivity index (χ1v) is 13.9. The number of fused-ring (bicyclic) bond motifs is 1. The number of hydrogen-bond acceptors (Lipinski definition) is 4. The van der Waals surface area contributed by atoms with Crippen molar-refractivity contribution in [2.45, 2.75) is 18.9 Å². The lowest BCUT2D eigenvalue weighted by Gasteiger charge is -2.37. The maximum Gasteiger partial charge on any atom is 0.321 e. The highest BCUT2D eigenvalue weighted by molar-refractivity contribution is 7.10. The molecule has 2 aliphatic rings. The van der Waals surface area contributed by atoms with Crippen LogP contribution in [-0.2, 0) is 11.2 Å². The number of nitrogens with one attached hydrogen (secondary N) is 1. The minimum Gasteiger partial charge on any atom is -0.340 e. The second-order valence-corrected chi connectivity index (χ2v) is 11.0. The summed E-state index contributed by atoms with van der Waals surface area (Å²) in [5.74, 6) is -0.267. The van der Waals surface area contributed by atoms with Crippen LogP contribution in [0.25, 0.3) is 0 Å². The van der Waals surface area contributed by atoms with Crippen molar-refractivity contribution in [3.63, 3.8) is 0 Å². The van der Waals surface area contributed by atoms with Crippen LogP contribution in [0.5, 0.6) is 0 Å². The Morgan fingerprint density at radius 3 is 2.62 bits per heavy atom. The van der Waals surface area contributed by atoms with Gasteiger partial charge in [-0.25, -0.2) is 9.18 Å². The highest BCUT2D eigenvalue weighted by Crippen LogP contribution is 2.38. The van der Waals surface area contributed by atoms with Crippen molar-refractivity contribution in [3.8, 4) is 0 Å². The summed E-state index contributed by atoms with van der Waals surface area (Å²) in [6.07, 6.45) is 1.54. The van der Waals surface area contributed by atoms with Crippen molar-refractivity contribution in [3.05, 3.63) is 85.8 Å². The fourth-order valence-electron chi connectivity index (χ4n) is 5.04. The monoisotopic (exact) mass is 560 g/mol. The molecule has 1 atom stereocenters. The van der Waals surface area contributed by atoms with Gasteiger partial charge in [0.15, 0.2) is 0 Å². The number of thiophene rings is 1. The molecule has 37 heavy (non-hydrogen) atoms. The van der Waals surface area contributed by atoms with Crippen LogP contribution in [-0.4, -0.2) is 65.9 Å². The first kappa shape index (κ1) is 26.0. The largest absolute Gasteiger partial charge is 0.340 e. The molecule has 0 spiro atoms. The third-order valence-corrected chi connectivity index (χ3v) is 8.71. The SMILES string of the molecule is O=C(CN1CCc2sccc2[C@H]1c1cccc(F)c1)N1CCCN(C(=O)Nc2cccc(Cl)c2Cl)CC1. The molecule has 2 aromatic carbocycles. The van der Waals surface area contributed by atoms with Crippen molar-refractivity contribution in [2.75, 3.05) is 44.6 Å². The van der Waals surface area contributed by atoms with E-state index in [1.807, 2.05) is 11.0 Å². The van der Waals surface area contributed by atoms with Gasteiger partial charge in [-0.2, -0.15) is 0 Å². The highest BCUT2D eigenvalue weighted by atomic mass is 35.5. The van der Waals surface area contributed by atoms with Crippen molar-refractivity contribution < 1.29 is 14.0 Å². The third-order valence-electron chi connectivity index (χ3n) is 6.90. The zero-order chi connectivity index (χ0) is 25.9. The summed E-state index contributed by atoms with van der Waals surface area (Å²) in [6.45, 7) is 2.92. The van der Waals surface area contributed by atoms with Crippen LogP contribution in [0, 0.1) is 5.82 Å². The molecule has 0 saturated carbocycles. The van der Waals surface area contributed by atoms with Gasteiger partial charge in [0.2, 0.25) is 5.91 Å². The van der Waals surface area contributed by atoms with Crippen LogP contribution in [0.2, 0.25) is 10.0 Å². The molecule has 3 aromatic rings. The number of carbonyl (C=O) groups is 2. The average molecular weight is 562 g/mol. The van der Waals surface area contributed by atoms with Crippen LogP contribution >= 0.6 is 34.5 Å². The van der Waals surface area contributed by atoms with Crippen molar-refractivity contribution in [1.82, 2.24) is 14.7 Å². The van der Waals surface area contributed by atoms with Crippen molar-refractivity contribution in [2.24, 2.45) is 0 Å². The summed E-state index contributed by atoms with van der Waals surface area (Å²) < 4.78 is 14.1. The predicted molar refractivity (Wildman–Crippen MR) is 146 cm³/mol. The van der Waals surface area contributed by atoms with Gasteiger partial charge < -0.3 is 15.1 Å².